The number of nitrogens with two attached hydrogens (primary N) is 1. The van der Waals surface area contributed by atoms with Crippen LogP contribution in [0.2, 0.25) is 0 Å². The van der Waals surface area contributed by atoms with Gasteiger partial charge in [0.2, 0.25) is 5.91 Å². The van der Waals surface area contributed by atoms with Crippen LogP contribution in [0, 0.1) is 0 Å². The number of nitrogens with one attached hydrogen (secondary N) is 1. The highest BCUT2D eigenvalue weighted by atomic mass is 35.5. The fourth-order valence-corrected chi connectivity index (χ4v) is 2.17. The van der Waals surface area contributed by atoms with Gasteiger partial charge in [-0.25, -0.2) is 0 Å². The molecule has 3 N–H and O–H groups in total. The average Bonchev–Trinajstić information content (AvgIpc) is 2.39. The third kappa shape index (κ3) is 7.46. The second-order valence-electron chi connectivity index (χ2n) is 5.65. The Morgan fingerprint density at radius 1 is 1.33 bits per heavy atom. The van der Waals surface area contributed by atoms with E-state index in [0.29, 0.717) is 13.0 Å². The lowest BCUT2D eigenvalue weighted by molar-refractivity contribution is -0.126. The molecule has 21 heavy (non-hydrogen) atoms. The molecule has 0 saturated carbocycles. The van der Waals surface area contributed by atoms with Crippen LogP contribution in [0.5, 0.6) is 0 Å². The lowest BCUT2D eigenvalue weighted by atomic mass is 9.97. The standard InChI is InChI=1S/C16H27N3O.ClH/c1-4-10-16(2,17)15(20)18-11-12-19(3)13-14-8-6-5-7-9-14;/h5-9H,4,10-13,17H2,1-3H3,(H,18,20);1H. The molecule has 1 rings (SSSR count). The number of carbonyl (C=O) groups excluding carboxylic acids is 1. The normalized spacial score (nSPS) is 13.4. The molecule has 0 aliphatic carbocycles. The van der Waals surface area contributed by atoms with E-state index >= 15 is 0 Å². The minimum atomic E-state index is -0.757. The maximum Gasteiger partial charge on any atom is 0.239 e. The van der Waals surface area contributed by atoms with Crippen LogP contribution in [0.15, 0.2) is 30.3 Å². The Morgan fingerprint density at radius 3 is 2.52 bits per heavy atom. The van der Waals surface area contributed by atoms with Gasteiger partial charge in [0.15, 0.2) is 0 Å². The van der Waals surface area contributed by atoms with Crippen LogP contribution < -0.4 is 11.1 Å². The van der Waals surface area contributed by atoms with Crippen LogP contribution in [0.25, 0.3) is 0 Å². The molecular formula is C16H28ClN3O. The van der Waals surface area contributed by atoms with Crippen molar-refractivity contribution in [2.45, 2.75) is 38.8 Å². The highest BCUT2D eigenvalue weighted by molar-refractivity contribution is 5.85. The van der Waals surface area contributed by atoms with Gasteiger partial charge in [0.1, 0.15) is 0 Å². The quantitative estimate of drug-likeness (QED) is 0.773. The van der Waals surface area contributed by atoms with E-state index in [1.54, 1.807) is 6.92 Å². The Labute approximate surface area is 134 Å². The summed E-state index contributed by atoms with van der Waals surface area (Å²) in [6, 6.07) is 10.3. The molecule has 0 aromatic heterocycles. The van der Waals surface area contributed by atoms with Crippen molar-refractivity contribution in [2.24, 2.45) is 5.73 Å². The third-order valence-corrected chi connectivity index (χ3v) is 3.36. The van der Waals surface area contributed by atoms with E-state index < -0.39 is 5.54 Å². The van der Waals surface area contributed by atoms with Gasteiger partial charge in [-0.05, 0) is 26.0 Å². The fraction of sp³-hybridized carbons (Fsp3) is 0.562. The Morgan fingerprint density at radius 2 is 1.95 bits per heavy atom. The number of nitrogens with zero attached hydrogens (tertiary/aromatic N) is 1. The molecule has 0 saturated heterocycles. The van der Waals surface area contributed by atoms with Crippen LogP contribution >= 0.6 is 12.4 Å². The zero-order chi connectivity index (χ0) is 15.0. The Kier molecular flexibility index (Phi) is 9.26. The lowest BCUT2D eigenvalue weighted by Gasteiger charge is -2.24. The zero-order valence-corrected chi connectivity index (χ0v) is 14.1. The van der Waals surface area contributed by atoms with Gasteiger partial charge in [0.25, 0.3) is 0 Å². The molecule has 1 aromatic carbocycles. The Hall–Kier alpha value is -1.10. The van der Waals surface area contributed by atoms with Crippen LogP contribution in [0.4, 0.5) is 0 Å². The number of carbonyl (C=O) groups is 1. The molecule has 0 spiro atoms. The smallest absolute Gasteiger partial charge is 0.239 e. The summed E-state index contributed by atoms with van der Waals surface area (Å²) in [7, 11) is 2.05. The maximum atomic E-state index is 11.9. The van der Waals surface area contributed by atoms with Crippen molar-refractivity contribution >= 4 is 18.3 Å². The summed E-state index contributed by atoms with van der Waals surface area (Å²) in [5, 5.41) is 2.92. The molecule has 0 heterocycles. The zero-order valence-electron chi connectivity index (χ0n) is 13.3. The predicted octanol–water partition coefficient (Wildman–Crippen LogP) is 2.17. The van der Waals surface area contributed by atoms with Gasteiger partial charge in [0.05, 0.1) is 5.54 Å². The second kappa shape index (κ2) is 9.77. The summed E-state index contributed by atoms with van der Waals surface area (Å²) in [6.07, 6.45) is 1.62. The molecule has 1 amide bonds. The summed E-state index contributed by atoms with van der Waals surface area (Å²) < 4.78 is 0. The van der Waals surface area contributed by atoms with Gasteiger partial charge in [-0.1, -0.05) is 43.7 Å². The van der Waals surface area contributed by atoms with Crippen LogP contribution in [-0.2, 0) is 11.3 Å². The molecule has 1 unspecified atom stereocenters. The summed E-state index contributed by atoms with van der Waals surface area (Å²) in [6.45, 7) is 6.14. The summed E-state index contributed by atoms with van der Waals surface area (Å²) in [5.74, 6) is -0.0625. The summed E-state index contributed by atoms with van der Waals surface area (Å²) in [4.78, 5) is 14.1. The number of amides is 1. The molecule has 0 fully saturated rings. The molecule has 120 valence electrons. The molecule has 4 nitrogen and oxygen atoms in total. The Bertz CT molecular complexity index is 409. The van der Waals surface area contributed by atoms with E-state index in [1.807, 2.05) is 32.2 Å². The number of benzene rings is 1. The second-order valence-corrected chi connectivity index (χ2v) is 5.65. The molecule has 0 radical (unpaired) electrons. The summed E-state index contributed by atoms with van der Waals surface area (Å²) >= 11 is 0. The topological polar surface area (TPSA) is 58.4 Å². The number of rotatable bonds is 8. The van der Waals surface area contributed by atoms with Gasteiger partial charge < -0.3 is 16.0 Å². The minimum Gasteiger partial charge on any atom is -0.353 e. The van der Waals surface area contributed by atoms with Crippen molar-refractivity contribution < 1.29 is 4.79 Å². The first kappa shape index (κ1) is 19.9. The average molecular weight is 314 g/mol. The van der Waals surface area contributed by atoms with Crippen molar-refractivity contribution in [1.82, 2.24) is 10.2 Å². The lowest BCUT2D eigenvalue weighted by Crippen LogP contribution is -2.52. The molecule has 0 aliphatic rings. The van der Waals surface area contributed by atoms with Crippen LogP contribution in [-0.4, -0.2) is 36.5 Å². The van der Waals surface area contributed by atoms with Gasteiger partial charge in [-0.2, -0.15) is 0 Å². The summed E-state index contributed by atoms with van der Waals surface area (Å²) in [5.41, 5.74) is 6.50. The number of hydrogen-bond donors (Lipinski definition) is 2. The molecule has 1 aromatic rings. The van der Waals surface area contributed by atoms with E-state index in [9.17, 15) is 4.79 Å². The van der Waals surface area contributed by atoms with E-state index in [4.69, 9.17) is 5.73 Å². The number of likely N-dealkylation sites (N-methyl/N-ethyl adjacent to an activating group) is 1. The monoisotopic (exact) mass is 313 g/mol. The highest BCUT2D eigenvalue weighted by Gasteiger charge is 2.26. The molecular weight excluding hydrogens is 286 g/mol. The maximum absolute atomic E-state index is 11.9. The SMILES string of the molecule is CCCC(C)(N)C(=O)NCCN(C)Cc1ccccc1.Cl. The van der Waals surface area contributed by atoms with Crippen LogP contribution in [0.3, 0.4) is 0 Å². The van der Waals surface area contributed by atoms with Gasteiger partial charge in [0, 0.05) is 19.6 Å². The third-order valence-electron chi connectivity index (χ3n) is 3.36. The van der Waals surface area contributed by atoms with Crippen molar-refractivity contribution in [3.05, 3.63) is 35.9 Å². The van der Waals surface area contributed by atoms with Crippen molar-refractivity contribution in [1.29, 1.82) is 0 Å². The molecule has 5 heteroatoms. The predicted molar refractivity (Wildman–Crippen MR) is 90.5 cm³/mol. The van der Waals surface area contributed by atoms with Gasteiger partial charge in [-0.3, -0.25) is 4.79 Å². The number of hydrogen-bond acceptors (Lipinski definition) is 3. The van der Waals surface area contributed by atoms with E-state index in [1.165, 1.54) is 5.56 Å². The molecule has 0 aliphatic heterocycles. The fourth-order valence-electron chi connectivity index (χ4n) is 2.17. The van der Waals surface area contributed by atoms with Gasteiger partial charge in [-0.15, -0.1) is 12.4 Å². The van der Waals surface area contributed by atoms with Crippen molar-refractivity contribution in [3.63, 3.8) is 0 Å². The van der Waals surface area contributed by atoms with E-state index in [0.717, 1.165) is 19.5 Å². The van der Waals surface area contributed by atoms with Gasteiger partial charge >= 0.3 is 0 Å². The molecule has 1 atom stereocenters. The van der Waals surface area contributed by atoms with E-state index in [-0.39, 0.29) is 18.3 Å². The number of halogens is 1. The van der Waals surface area contributed by atoms with E-state index in [2.05, 4.69) is 22.3 Å². The minimum absolute atomic E-state index is 0. The first-order valence-electron chi connectivity index (χ1n) is 7.25. The van der Waals surface area contributed by atoms with Crippen molar-refractivity contribution in [2.75, 3.05) is 20.1 Å². The highest BCUT2D eigenvalue weighted by Crippen LogP contribution is 2.08. The molecule has 0 bridgehead atoms. The van der Waals surface area contributed by atoms with Crippen molar-refractivity contribution in [3.8, 4) is 0 Å². The van der Waals surface area contributed by atoms with Crippen LogP contribution in [0.1, 0.15) is 32.3 Å². The Balaban J connectivity index is 0.00000400. The first-order chi connectivity index (χ1) is 9.45. The largest absolute Gasteiger partial charge is 0.353 e. The first-order valence-corrected chi connectivity index (χ1v) is 7.25.